The number of phosphoric acid groups is 1. The number of carboxylic acids is 2. The summed E-state index contributed by atoms with van der Waals surface area (Å²) >= 11 is 0. The van der Waals surface area contributed by atoms with E-state index in [1.54, 1.807) is 6.92 Å². The van der Waals surface area contributed by atoms with Crippen LogP contribution in [0.5, 0.6) is 5.75 Å². The van der Waals surface area contributed by atoms with Gasteiger partial charge in [-0.1, -0.05) is 32.4 Å². The van der Waals surface area contributed by atoms with E-state index >= 15 is 0 Å². The normalized spacial score (nSPS) is 19.8. The predicted octanol–water partition coefficient (Wildman–Crippen LogP) is -0.544. The van der Waals surface area contributed by atoms with Crippen LogP contribution in [0, 0.1) is 17.8 Å². The second kappa shape index (κ2) is 17.0. The van der Waals surface area contributed by atoms with Crippen molar-refractivity contribution in [2.75, 3.05) is 13.7 Å². The van der Waals surface area contributed by atoms with Crippen molar-refractivity contribution in [3.8, 4) is 5.75 Å². The quantitative estimate of drug-likeness (QED) is 0.0836. The fourth-order valence-electron chi connectivity index (χ4n) is 4.98. The highest BCUT2D eigenvalue weighted by molar-refractivity contribution is 7.46. The lowest BCUT2D eigenvalue weighted by atomic mass is 9.99. The molecule has 46 heavy (non-hydrogen) atoms. The van der Waals surface area contributed by atoms with E-state index in [9.17, 15) is 43.5 Å². The Labute approximate surface area is 264 Å². The van der Waals surface area contributed by atoms with Crippen LogP contribution >= 0.6 is 7.82 Å². The molecule has 0 bridgehead atoms. The predicted molar refractivity (Wildman–Crippen MR) is 159 cm³/mol. The number of hydrogen-bond acceptors (Lipinski definition) is 9. The van der Waals surface area contributed by atoms with Crippen LogP contribution in [-0.2, 0) is 33.3 Å². The summed E-state index contributed by atoms with van der Waals surface area (Å²) in [5.41, 5.74) is 0.448. The standard InChI is InChI=1S/C28H41N4O13P/c1-4-14(2)19(13-33)32-26(39)17(9-11-20(34)35)30-25(38)18(10-12-21(36)37)31-28(41)24-22(23(24)27(40)29-3)15-5-7-16(8-6-15)45-46(42,43)44/h5-8,14,17-19,22-24,33H,4,9-13H2,1-3H3,(H,29,40)(H,30,38)(H,31,41)(H,32,39)(H,34,35)(H,36,37)(H2,42,43,44)/t14-,17-,18-,19+,22-,23+,24+/m0/s1. The molecular weight excluding hydrogens is 631 g/mol. The zero-order valence-electron chi connectivity index (χ0n) is 25.5. The van der Waals surface area contributed by atoms with Crippen LogP contribution in [-0.4, -0.2) is 92.5 Å². The van der Waals surface area contributed by atoms with Gasteiger partial charge in [0.05, 0.1) is 24.5 Å². The highest BCUT2D eigenvalue weighted by atomic mass is 31.2. The first-order valence-electron chi connectivity index (χ1n) is 14.5. The van der Waals surface area contributed by atoms with Crippen molar-refractivity contribution in [1.82, 2.24) is 21.3 Å². The second-order valence-corrected chi connectivity index (χ2v) is 12.2. The number of carbonyl (C=O) groups excluding carboxylic acids is 4. The lowest BCUT2D eigenvalue weighted by molar-refractivity contribution is -0.140. The largest absolute Gasteiger partial charge is 0.524 e. The SMILES string of the molecule is CC[C@H](C)[C@@H](CO)NC(=O)[C@H](CCC(=O)O)NC(=O)[C@H](CCC(=O)O)NC(=O)[C@H]1[C@H](C(=O)NC)[C@@H]1c1ccc(OP(=O)(O)O)cc1. The molecule has 1 aliphatic carbocycles. The molecule has 2 rings (SSSR count). The summed E-state index contributed by atoms with van der Waals surface area (Å²) in [7, 11) is -3.47. The number of benzene rings is 1. The van der Waals surface area contributed by atoms with Gasteiger partial charge in [0.15, 0.2) is 0 Å². The van der Waals surface area contributed by atoms with Gasteiger partial charge in [0.2, 0.25) is 23.6 Å². The van der Waals surface area contributed by atoms with Gasteiger partial charge in [0.1, 0.15) is 17.8 Å². The van der Waals surface area contributed by atoms with Gasteiger partial charge < -0.3 is 41.1 Å². The Morgan fingerprint density at radius 3 is 1.80 bits per heavy atom. The molecule has 0 radical (unpaired) electrons. The van der Waals surface area contributed by atoms with E-state index in [4.69, 9.17) is 14.9 Å². The zero-order chi connectivity index (χ0) is 34.8. The van der Waals surface area contributed by atoms with E-state index in [-0.39, 0.29) is 18.1 Å². The van der Waals surface area contributed by atoms with Gasteiger partial charge in [0.25, 0.3) is 0 Å². The van der Waals surface area contributed by atoms with Crippen molar-refractivity contribution in [2.24, 2.45) is 17.8 Å². The van der Waals surface area contributed by atoms with Gasteiger partial charge in [0, 0.05) is 25.8 Å². The Morgan fingerprint density at radius 2 is 1.35 bits per heavy atom. The van der Waals surface area contributed by atoms with Crippen LogP contribution in [0.1, 0.15) is 57.4 Å². The Hall–Kier alpha value is -4.05. The molecule has 7 atom stereocenters. The van der Waals surface area contributed by atoms with E-state index in [0.29, 0.717) is 12.0 Å². The first-order chi connectivity index (χ1) is 21.5. The first kappa shape index (κ1) is 38.1. The third-order valence-electron chi connectivity index (χ3n) is 7.78. The third kappa shape index (κ3) is 11.4. The fourth-order valence-corrected chi connectivity index (χ4v) is 5.38. The highest BCUT2D eigenvalue weighted by Gasteiger charge is 2.59. The number of carbonyl (C=O) groups is 6. The third-order valence-corrected chi connectivity index (χ3v) is 8.22. The molecule has 256 valence electrons. The fraction of sp³-hybridized carbons (Fsp3) is 0.571. The zero-order valence-corrected chi connectivity index (χ0v) is 26.4. The van der Waals surface area contributed by atoms with Crippen LogP contribution in [0.15, 0.2) is 24.3 Å². The molecule has 1 aromatic rings. The number of rotatable bonds is 19. The average molecular weight is 673 g/mol. The van der Waals surface area contributed by atoms with Crippen molar-refractivity contribution >= 4 is 43.4 Å². The first-order valence-corrected chi connectivity index (χ1v) is 16.1. The summed E-state index contributed by atoms with van der Waals surface area (Å²) in [6, 6.07) is 1.75. The maximum atomic E-state index is 13.4. The smallest absolute Gasteiger partial charge is 0.481 e. The summed E-state index contributed by atoms with van der Waals surface area (Å²) in [5, 5.41) is 38.0. The number of amides is 4. The van der Waals surface area contributed by atoms with Crippen LogP contribution in [0.2, 0.25) is 0 Å². The summed E-state index contributed by atoms with van der Waals surface area (Å²) in [6.45, 7) is 3.21. The average Bonchev–Trinajstić information content (AvgIpc) is 3.74. The van der Waals surface area contributed by atoms with Crippen LogP contribution in [0.4, 0.5) is 0 Å². The van der Waals surface area contributed by atoms with Gasteiger partial charge in [-0.05, 0) is 36.5 Å². The minimum absolute atomic E-state index is 0.151. The van der Waals surface area contributed by atoms with E-state index in [1.165, 1.54) is 31.3 Å². The summed E-state index contributed by atoms with van der Waals surface area (Å²) in [5.74, 6) is -8.47. The molecule has 9 N–H and O–H groups in total. The molecule has 0 saturated heterocycles. The number of nitrogens with one attached hydrogen (secondary N) is 4. The van der Waals surface area contributed by atoms with Crippen molar-refractivity contribution in [1.29, 1.82) is 0 Å². The Morgan fingerprint density at radius 1 is 0.848 bits per heavy atom. The molecule has 0 aliphatic heterocycles. The van der Waals surface area contributed by atoms with Crippen molar-refractivity contribution in [2.45, 2.75) is 70.0 Å². The Balaban J connectivity index is 2.28. The minimum Gasteiger partial charge on any atom is -0.481 e. The molecule has 1 saturated carbocycles. The van der Waals surface area contributed by atoms with Crippen LogP contribution in [0.25, 0.3) is 0 Å². The minimum atomic E-state index is -4.82. The van der Waals surface area contributed by atoms with Crippen molar-refractivity contribution in [3.63, 3.8) is 0 Å². The van der Waals surface area contributed by atoms with Gasteiger partial charge in [-0.25, -0.2) is 4.57 Å². The molecule has 0 unspecified atom stereocenters. The number of carboxylic acid groups (broad SMARTS) is 2. The number of hydrogen-bond donors (Lipinski definition) is 9. The monoisotopic (exact) mass is 672 g/mol. The van der Waals surface area contributed by atoms with Gasteiger partial charge >= 0.3 is 19.8 Å². The van der Waals surface area contributed by atoms with Gasteiger partial charge in [-0.3, -0.25) is 38.6 Å². The Kier molecular flexibility index (Phi) is 14.1. The lowest BCUT2D eigenvalue weighted by Gasteiger charge is -2.27. The highest BCUT2D eigenvalue weighted by Crippen LogP contribution is 2.54. The number of aliphatic hydroxyl groups excluding tert-OH is 1. The molecule has 0 heterocycles. The summed E-state index contributed by atoms with van der Waals surface area (Å²) in [4.78, 5) is 93.0. The van der Waals surface area contributed by atoms with Crippen molar-refractivity contribution < 1.29 is 63.0 Å². The Bertz CT molecular complexity index is 1320. The molecule has 0 aromatic heterocycles. The topological polar surface area (TPSA) is 278 Å². The molecule has 1 aromatic carbocycles. The van der Waals surface area contributed by atoms with Gasteiger partial charge in [-0.2, -0.15) is 0 Å². The summed E-state index contributed by atoms with van der Waals surface area (Å²) < 4.78 is 15.6. The molecule has 4 amide bonds. The van der Waals surface area contributed by atoms with E-state index in [2.05, 4.69) is 25.8 Å². The molecule has 18 heteroatoms. The maximum absolute atomic E-state index is 13.4. The van der Waals surface area contributed by atoms with Gasteiger partial charge in [-0.15, -0.1) is 0 Å². The number of phosphoric ester groups is 1. The number of aliphatic carboxylic acids is 2. The van der Waals surface area contributed by atoms with Crippen LogP contribution < -0.4 is 25.8 Å². The van der Waals surface area contributed by atoms with E-state index < -0.39 is 105 Å². The second-order valence-electron chi connectivity index (χ2n) is 11.0. The molecule has 1 aliphatic rings. The van der Waals surface area contributed by atoms with Crippen molar-refractivity contribution in [3.05, 3.63) is 29.8 Å². The molecule has 0 spiro atoms. The van der Waals surface area contributed by atoms with E-state index in [1.807, 2.05) is 6.92 Å². The molecular formula is C28H41N4O13P. The number of aliphatic hydroxyl groups is 1. The molecule has 1 fully saturated rings. The molecule has 17 nitrogen and oxygen atoms in total. The van der Waals surface area contributed by atoms with Crippen LogP contribution in [0.3, 0.4) is 0 Å². The van der Waals surface area contributed by atoms with E-state index in [0.717, 1.165) is 0 Å². The lowest BCUT2D eigenvalue weighted by Crippen LogP contribution is -2.56. The maximum Gasteiger partial charge on any atom is 0.524 e. The summed E-state index contributed by atoms with van der Waals surface area (Å²) in [6.07, 6.45) is -1.20.